The van der Waals surface area contributed by atoms with Crippen molar-refractivity contribution in [3.63, 3.8) is 0 Å². The Balaban J connectivity index is 1.05. The Kier molecular flexibility index (Phi) is 7.06. The van der Waals surface area contributed by atoms with Gasteiger partial charge in [-0.15, -0.1) is 0 Å². The summed E-state index contributed by atoms with van der Waals surface area (Å²) in [6, 6.07) is 46.6. The summed E-state index contributed by atoms with van der Waals surface area (Å²) in [6.45, 7) is 9.52. The second-order valence-electron chi connectivity index (χ2n) is 15.0. The van der Waals surface area contributed by atoms with E-state index in [4.69, 9.17) is 0 Å². The molecule has 2 nitrogen and oxygen atoms in total. The Labute approximate surface area is 291 Å². The normalized spacial score (nSPS) is 19.1. The summed E-state index contributed by atoms with van der Waals surface area (Å²) in [6.07, 6.45) is 9.25. The molecule has 0 radical (unpaired) electrons. The van der Waals surface area contributed by atoms with Gasteiger partial charge in [0, 0.05) is 45.6 Å². The van der Waals surface area contributed by atoms with Gasteiger partial charge in [0.15, 0.2) is 0 Å². The van der Waals surface area contributed by atoms with Crippen molar-refractivity contribution in [1.82, 2.24) is 0 Å². The third kappa shape index (κ3) is 4.83. The number of rotatable bonds is 4. The summed E-state index contributed by atoms with van der Waals surface area (Å²) in [5.41, 5.74) is 16.2. The van der Waals surface area contributed by atoms with Crippen LogP contribution in [0.4, 0.5) is 22.7 Å². The molecule has 1 aliphatic carbocycles. The second kappa shape index (κ2) is 11.5. The Hall–Kier alpha value is -5.08. The number of benzene rings is 6. The van der Waals surface area contributed by atoms with Crippen molar-refractivity contribution in [3.05, 3.63) is 155 Å². The van der Waals surface area contributed by atoms with Crippen LogP contribution < -0.4 is 9.80 Å². The van der Waals surface area contributed by atoms with Gasteiger partial charge < -0.3 is 9.80 Å². The van der Waals surface area contributed by atoms with Crippen molar-refractivity contribution in [3.8, 4) is 11.1 Å². The van der Waals surface area contributed by atoms with Gasteiger partial charge in [0.25, 0.3) is 0 Å². The van der Waals surface area contributed by atoms with Gasteiger partial charge in [0.2, 0.25) is 0 Å². The zero-order chi connectivity index (χ0) is 33.3. The molecule has 6 aromatic rings. The van der Waals surface area contributed by atoms with Crippen molar-refractivity contribution in [2.45, 2.75) is 70.9 Å². The Morgan fingerprint density at radius 3 is 1.88 bits per heavy atom. The molecule has 49 heavy (non-hydrogen) atoms. The summed E-state index contributed by atoms with van der Waals surface area (Å²) < 4.78 is 0. The highest BCUT2D eigenvalue weighted by Gasteiger charge is 2.37. The third-order valence-corrected chi connectivity index (χ3v) is 11.7. The fourth-order valence-corrected chi connectivity index (χ4v) is 8.98. The lowest BCUT2D eigenvalue weighted by atomic mass is 9.81. The van der Waals surface area contributed by atoms with Crippen molar-refractivity contribution >= 4 is 45.7 Å². The van der Waals surface area contributed by atoms with Crippen LogP contribution in [-0.4, -0.2) is 12.1 Å². The first-order valence-electron chi connectivity index (χ1n) is 18.1. The molecule has 0 N–H and O–H groups in total. The van der Waals surface area contributed by atoms with E-state index in [2.05, 4.69) is 171 Å². The topological polar surface area (TPSA) is 6.48 Å². The van der Waals surface area contributed by atoms with Crippen LogP contribution in [0, 0.1) is 0 Å². The molecule has 242 valence electrons. The van der Waals surface area contributed by atoms with Gasteiger partial charge in [-0.2, -0.15) is 0 Å². The highest BCUT2D eigenvalue weighted by Crippen LogP contribution is 2.51. The lowest BCUT2D eigenvalue weighted by Crippen LogP contribution is -2.33. The molecular weight excluding hydrogens is 593 g/mol. The lowest BCUT2D eigenvalue weighted by Gasteiger charge is -2.38. The first kappa shape index (κ1) is 30.0. The van der Waals surface area contributed by atoms with Crippen LogP contribution in [0.25, 0.3) is 34.1 Å². The van der Waals surface area contributed by atoms with Gasteiger partial charge in [-0.3, -0.25) is 0 Å². The predicted molar refractivity (Wildman–Crippen MR) is 210 cm³/mol. The molecule has 0 saturated heterocycles. The maximum Gasteiger partial charge on any atom is 0.0493 e. The summed E-state index contributed by atoms with van der Waals surface area (Å²) in [5.74, 6) is 0. The monoisotopic (exact) mass is 636 g/mol. The van der Waals surface area contributed by atoms with E-state index in [0.29, 0.717) is 12.1 Å². The molecule has 0 amide bonds. The molecule has 0 spiro atoms. The molecule has 0 aromatic heterocycles. The molecule has 2 unspecified atom stereocenters. The highest BCUT2D eigenvalue weighted by atomic mass is 15.2. The standard InChI is InChI=1S/C47H44N2/c1-31-17-21-35-11-5-9-15-44(35)48(31)37-25-27-40-39-26-20-33(29-42(39)47(3,4)43(40)30-37)19-23-34-24-28-46(41-14-8-7-13-38(34)41)49-32(2)18-22-36-12-6-10-16-45(36)49/h5-16,19-20,23-32H,17-18,21-22H2,1-4H3/b23-19+. The van der Waals surface area contributed by atoms with Crippen molar-refractivity contribution in [2.24, 2.45) is 0 Å². The van der Waals surface area contributed by atoms with E-state index < -0.39 is 0 Å². The maximum atomic E-state index is 2.56. The minimum Gasteiger partial charge on any atom is -0.338 e. The summed E-state index contributed by atoms with van der Waals surface area (Å²) in [5, 5.41) is 2.60. The zero-order valence-corrected chi connectivity index (χ0v) is 29.1. The van der Waals surface area contributed by atoms with Crippen LogP contribution in [-0.2, 0) is 18.3 Å². The highest BCUT2D eigenvalue weighted by molar-refractivity contribution is 6.02. The first-order valence-corrected chi connectivity index (χ1v) is 18.1. The largest absolute Gasteiger partial charge is 0.338 e. The average Bonchev–Trinajstić information content (AvgIpc) is 3.35. The Morgan fingerprint density at radius 1 is 0.551 bits per heavy atom. The van der Waals surface area contributed by atoms with E-state index >= 15 is 0 Å². The van der Waals surface area contributed by atoms with Gasteiger partial charge in [-0.05, 0) is 120 Å². The molecule has 2 heterocycles. The van der Waals surface area contributed by atoms with Gasteiger partial charge in [0.05, 0.1) is 0 Å². The third-order valence-electron chi connectivity index (χ3n) is 11.7. The van der Waals surface area contributed by atoms with Gasteiger partial charge in [-0.1, -0.05) is 117 Å². The van der Waals surface area contributed by atoms with E-state index in [0.717, 1.165) is 19.3 Å². The van der Waals surface area contributed by atoms with E-state index in [9.17, 15) is 0 Å². The zero-order valence-electron chi connectivity index (χ0n) is 29.1. The quantitative estimate of drug-likeness (QED) is 0.178. The molecule has 0 bridgehead atoms. The molecule has 9 rings (SSSR count). The second-order valence-corrected chi connectivity index (χ2v) is 15.0. The van der Waals surface area contributed by atoms with E-state index in [1.54, 1.807) is 0 Å². The molecular formula is C47H44N2. The smallest absolute Gasteiger partial charge is 0.0493 e. The number of para-hydroxylation sites is 2. The van der Waals surface area contributed by atoms with Crippen molar-refractivity contribution in [1.29, 1.82) is 0 Å². The van der Waals surface area contributed by atoms with Gasteiger partial charge in [-0.25, -0.2) is 0 Å². The molecule has 2 heteroatoms. The molecule has 2 aliphatic heterocycles. The number of hydrogen-bond acceptors (Lipinski definition) is 2. The van der Waals surface area contributed by atoms with E-state index in [1.807, 2.05) is 0 Å². The number of hydrogen-bond donors (Lipinski definition) is 0. The summed E-state index contributed by atoms with van der Waals surface area (Å²) in [4.78, 5) is 5.12. The van der Waals surface area contributed by atoms with Gasteiger partial charge in [0.1, 0.15) is 0 Å². The minimum absolute atomic E-state index is 0.0845. The Morgan fingerprint density at radius 2 is 1.14 bits per heavy atom. The van der Waals surface area contributed by atoms with E-state index in [-0.39, 0.29) is 5.41 Å². The van der Waals surface area contributed by atoms with Crippen LogP contribution in [0.5, 0.6) is 0 Å². The predicted octanol–water partition coefficient (Wildman–Crippen LogP) is 12.3. The number of aryl methyl sites for hydroxylation is 2. The molecule has 0 fully saturated rings. The molecule has 3 aliphatic rings. The lowest BCUT2D eigenvalue weighted by molar-refractivity contribution is 0.616. The molecule has 0 saturated carbocycles. The number of nitrogens with zero attached hydrogens (tertiary/aromatic N) is 2. The van der Waals surface area contributed by atoms with Crippen LogP contribution in [0.1, 0.15) is 73.9 Å². The number of anilines is 4. The minimum atomic E-state index is -0.0845. The number of fused-ring (bicyclic) bond motifs is 6. The first-order chi connectivity index (χ1) is 23.9. The Bertz CT molecular complexity index is 2270. The van der Waals surface area contributed by atoms with Crippen LogP contribution >= 0.6 is 0 Å². The summed E-state index contributed by atoms with van der Waals surface area (Å²) in [7, 11) is 0. The van der Waals surface area contributed by atoms with Crippen LogP contribution in [0.2, 0.25) is 0 Å². The fourth-order valence-electron chi connectivity index (χ4n) is 8.98. The SMILES string of the molecule is CC1CCc2ccccc2N1c1ccc2c(c1)C(C)(C)c1cc(/C=C/c3ccc(N4c5ccccc5CCC4C)c4ccccc34)ccc1-2. The van der Waals surface area contributed by atoms with Crippen molar-refractivity contribution in [2.75, 3.05) is 9.80 Å². The molecule has 2 atom stereocenters. The summed E-state index contributed by atoms with van der Waals surface area (Å²) >= 11 is 0. The fraction of sp³-hybridized carbons (Fsp3) is 0.234. The maximum absolute atomic E-state index is 2.56. The van der Waals surface area contributed by atoms with Gasteiger partial charge >= 0.3 is 0 Å². The van der Waals surface area contributed by atoms with Crippen LogP contribution in [0.15, 0.2) is 121 Å². The van der Waals surface area contributed by atoms with E-state index in [1.165, 1.54) is 84.5 Å². The molecule has 6 aromatic carbocycles. The van der Waals surface area contributed by atoms with Crippen molar-refractivity contribution < 1.29 is 0 Å². The average molecular weight is 637 g/mol. The van der Waals surface area contributed by atoms with Crippen LogP contribution in [0.3, 0.4) is 0 Å².